The summed E-state index contributed by atoms with van der Waals surface area (Å²) in [5, 5.41) is 0. The molecule has 2 nitrogen and oxygen atoms in total. The highest BCUT2D eigenvalue weighted by Crippen LogP contribution is 2.33. The Morgan fingerprint density at radius 1 is 1.18 bits per heavy atom. The van der Waals surface area contributed by atoms with Gasteiger partial charge < -0.3 is 5.73 Å². The van der Waals surface area contributed by atoms with Gasteiger partial charge in [-0.1, -0.05) is 26.5 Å². The van der Waals surface area contributed by atoms with Gasteiger partial charge in [-0.05, 0) is 61.1 Å². The van der Waals surface area contributed by atoms with E-state index in [1.165, 1.54) is 0 Å². The Morgan fingerprint density at radius 2 is 1.86 bits per heavy atom. The fourth-order valence-electron chi connectivity index (χ4n) is 2.85. The van der Waals surface area contributed by atoms with E-state index >= 15 is 0 Å². The molecule has 1 aromatic carbocycles. The van der Waals surface area contributed by atoms with Gasteiger partial charge in [0.2, 0.25) is 0 Å². The van der Waals surface area contributed by atoms with Crippen molar-refractivity contribution < 1.29 is 4.39 Å². The number of nitrogen functional groups attached to an aromatic ring is 1. The summed E-state index contributed by atoms with van der Waals surface area (Å²) in [6.45, 7) is 11.6. The van der Waals surface area contributed by atoms with Crippen molar-refractivity contribution in [2.45, 2.75) is 40.5 Å². The van der Waals surface area contributed by atoms with Crippen LogP contribution >= 0.6 is 0 Å². The number of benzene rings is 1. The van der Waals surface area contributed by atoms with Crippen LogP contribution in [0.15, 0.2) is 18.7 Å². The Bertz CT molecular complexity index is 733. The molecule has 0 radical (unpaired) electrons. The van der Waals surface area contributed by atoms with Gasteiger partial charge in [-0.3, -0.25) is 0 Å². The molecule has 0 unspecified atom stereocenters. The van der Waals surface area contributed by atoms with Crippen molar-refractivity contribution in [1.29, 1.82) is 0 Å². The lowest BCUT2D eigenvalue weighted by Gasteiger charge is -2.16. The van der Waals surface area contributed by atoms with Crippen LogP contribution in [0.5, 0.6) is 0 Å². The Morgan fingerprint density at radius 3 is 2.41 bits per heavy atom. The molecule has 2 rings (SSSR count). The highest BCUT2D eigenvalue weighted by molar-refractivity contribution is 5.75. The number of hydrogen-bond acceptors (Lipinski definition) is 2. The second-order valence-corrected chi connectivity index (χ2v) is 5.49. The van der Waals surface area contributed by atoms with Crippen molar-refractivity contribution in [2.75, 3.05) is 5.73 Å². The van der Waals surface area contributed by atoms with Gasteiger partial charge in [-0.2, -0.15) is 0 Å². The van der Waals surface area contributed by atoms with Gasteiger partial charge in [-0.25, -0.2) is 9.37 Å². The van der Waals surface area contributed by atoms with Crippen LogP contribution in [-0.2, 0) is 12.8 Å². The topological polar surface area (TPSA) is 38.9 Å². The highest BCUT2D eigenvalue weighted by Gasteiger charge is 2.18. The first-order valence-corrected chi connectivity index (χ1v) is 7.65. The predicted octanol–water partition coefficient (Wildman–Crippen LogP) is 4.85. The first-order valence-electron chi connectivity index (χ1n) is 7.65. The van der Waals surface area contributed by atoms with E-state index in [0.717, 1.165) is 28.7 Å². The largest absolute Gasteiger partial charge is 0.398 e. The number of nitrogens with two attached hydrogens (primary N) is 1. The predicted molar refractivity (Wildman–Crippen MR) is 92.4 cm³/mol. The van der Waals surface area contributed by atoms with Gasteiger partial charge in [0, 0.05) is 11.3 Å². The van der Waals surface area contributed by atoms with Crippen LogP contribution in [-0.4, -0.2) is 4.98 Å². The molecule has 2 aromatic rings. The van der Waals surface area contributed by atoms with Crippen LogP contribution in [0.2, 0.25) is 0 Å². The van der Waals surface area contributed by atoms with Crippen molar-refractivity contribution in [3.8, 4) is 11.3 Å². The molecule has 0 aliphatic heterocycles. The fourth-order valence-corrected chi connectivity index (χ4v) is 2.85. The summed E-state index contributed by atoms with van der Waals surface area (Å²) >= 11 is 0. The van der Waals surface area contributed by atoms with Crippen LogP contribution in [0, 0.1) is 19.7 Å². The molecule has 1 heterocycles. The standard InChI is InChI=1S/C19H23FN2/c1-6-13-9-10-15(17(20)14(13)7-2)19-12(5)18(21)11(4)16(8-3)22-19/h8-10H,3,6-7H2,1-2,4-5H3,(H2,21,22). The van der Waals surface area contributed by atoms with Gasteiger partial charge in [0.25, 0.3) is 0 Å². The molecule has 22 heavy (non-hydrogen) atoms. The molecule has 3 heteroatoms. The Balaban J connectivity index is 2.77. The second-order valence-electron chi connectivity index (χ2n) is 5.49. The minimum absolute atomic E-state index is 0.185. The summed E-state index contributed by atoms with van der Waals surface area (Å²) in [5.41, 5.74) is 12.1. The summed E-state index contributed by atoms with van der Waals surface area (Å²) < 4.78 is 14.9. The van der Waals surface area contributed by atoms with E-state index in [1.807, 2.05) is 39.8 Å². The molecule has 116 valence electrons. The first-order chi connectivity index (χ1) is 10.5. The monoisotopic (exact) mass is 298 g/mol. The van der Waals surface area contributed by atoms with E-state index in [0.29, 0.717) is 29.1 Å². The lowest BCUT2D eigenvalue weighted by molar-refractivity contribution is 0.611. The molecule has 0 spiro atoms. The highest BCUT2D eigenvalue weighted by atomic mass is 19.1. The summed E-state index contributed by atoms with van der Waals surface area (Å²) in [7, 11) is 0. The number of halogens is 1. The van der Waals surface area contributed by atoms with Gasteiger partial charge in [-0.15, -0.1) is 0 Å². The number of anilines is 1. The van der Waals surface area contributed by atoms with Crippen LogP contribution in [0.25, 0.3) is 17.3 Å². The molecule has 0 amide bonds. The average Bonchev–Trinajstić information content (AvgIpc) is 2.53. The minimum Gasteiger partial charge on any atom is -0.398 e. The van der Waals surface area contributed by atoms with Crippen LogP contribution < -0.4 is 5.73 Å². The van der Waals surface area contributed by atoms with E-state index in [9.17, 15) is 4.39 Å². The zero-order valence-electron chi connectivity index (χ0n) is 13.8. The molecule has 0 aliphatic rings. The van der Waals surface area contributed by atoms with Gasteiger partial charge >= 0.3 is 0 Å². The fraction of sp³-hybridized carbons (Fsp3) is 0.316. The van der Waals surface area contributed by atoms with Gasteiger partial charge in [0.1, 0.15) is 5.82 Å². The van der Waals surface area contributed by atoms with E-state index in [4.69, 9.17) is 5.73 Å². The van der Waals surface area contributed by atoms with E-state index < -0.39 is 0 Å². The maximum atomic E-state index is 14.9. The lowest BCUT2D eigenvalue weighted by atomic mass is 9.94. The van der Waals surface area contributed by atoms with E-state index in [1.54, 1.807) is 6.08 Å². The van der Waals surface area contributed by atoms with Gasteiger partial charge in [0.05, 0.1) is 11.4 Å². The van der Waals surface area contributed by atoms with Crippen molar-refractivity contribution in [2.24, 2.45) is 0 Å². The Labute approximate surface area is 131 Å². The molecule has 0 saturated heterocycles. The van der Waals surface area contributed by atoms with Crippen LogP contribution in [0.1, 0.15) is 41.8 Å². The molecular weight excluding hydrogens is 275 g/mol. The van der Waals surface area contributed by atoms with E-state index in [-0.39, 0.29) is 5.82 Å². The maximum Gasteiger partial charge on any atom is 0.136 e. The van der Waals surface area contributed by atoms with Crippen molar-refractivity contribution in [3.63, 3.8) is 0 Å². The number of pyridine rings is 1. The number of hydrogen-bond donors (Lipinski definition) is 1. The van der Waals surface area contributed by atoms with Crippen molar-refractivity contribution in [1.82, 2.24) is 4.98 Å². The zero-order valence-corrected chi connectivity index (χ0v) is 13.8. The minimum atomic E-state index is -0.185. The van der Waals surface area contributed by atoms with Crippen molar-refractivity contribution >= 4 is 11.8 Å². The molecule has 0 atom stereocenters. The molecule has 0 bridgehead atoms. The molecule has 2 N–H and O–H groups in total. The maximum absolute atomic E-state index is 14.9. The van der Waals surface area contributed by atoms with Crippen LogP contribution in [0.3, 0.4) is 0 Å². The SMILES string of the molecule is C=Cc1nc(-c2ccc(CC)c(CC)c2F)c(C)c(N)c1C. The molecule has 0 aliphatic carbocycles. The van der Waals surface area contributed by atoms with Crippen LogP contribution in [0.4, 0.5) is 10.1 Å². The number of aryl methyl sites for hydroxylation is 1. The number of aromatic nitrogens is 1. The summed E-state index contributed by atoms with van der Waals surface area (Å²) in [4.78, 5) is 4.58. The molecule has 0 fully saturated rings. The number of nitrogens with zero attached hydrogens (tertiary/aromatic N) is 1. The Hall–Kier alpha value is -2.16. The average molecular weight is 298 g/mol. The van der Waals surface area contributed by atoms with Crippen molar-refractivity contribution in [3.05, 3.63) is 52.5 Å². The Kier molecular flexibility index (Phi) is 4.65. The zero-order chi connectivity index (χ0) is 16.4. The number of rotatable bonds is 4. The lowest BCUT2D eigenvalue weighted by Crippen LogP contribution is -2.05. The summed E-state index contributed by atoms with van der Waals surface area (Å²) in [6, 6.07) is 3.80. The summed E-state index contributed by atoms with van der Waals surface area (Å²) in [5.74, 6) is -0.185. The first kappa shape index (κ1) is 16.2. The quantitative estimate of drug-likeness (QED) is 0.876. The van der Waals surface area contributed by atoms with E-state index in [2.05, 4.69) is 11.6 Å². The second kappa shape index (κ2) is 6.30. The third-order valence-electron chi connectivity index (χ3n) is 4.30. The normalized spacial score (nSPS) is 10.8. The third-order valence-corrected chi connectivity index (χ3v) is 4.30. The smallest absolute Gasteiger partial charge is 0.136 e. The molecular formula is C19H23FN2. The summed E-state index contributed by atoms with van der Waals surface area (Å²) in [6.07, 6.45) is 3.14. The molecule has 1 aromatic heterocycles. The molecule has 0 saturated carbocycles. The van der Waals surface area contributed by atoms with Gasteiger partial charge in [0.15, 0.2) is 0 Å². The third kappa shape index (κ3) is 2.52.